The number of fused-ring (bicyclic) bond motifs is 1. The van der Waals surface area contributed by atoms with Crippen LogP contribution in [0.5, 0.6) is 0 Å². The molecule has 0 unspecified atom stereocenters. The summed E-state index contributed by atoms with van der Waals surface area (Å²) in [5, 5.41) is 2.77. The molecular formula is C10H8ClNOS. The minimum atomic E-state index is 0.413. The van der Waals surface area contributed by atoms with Crippen LogP contribution in [0.1, 0.15) is 15.9 Å². The van der Waals surface area contributed by atoms with Gasteiger partial charge in [0.1, 0.15) is 0 Å². The number of thiophene rings is 1. The highest BCUT2D eigenvalue weighted by Gasteiger charge is 2.09. The van der Waals surface area contributed by atoms with Crippen LogP contribution in [0, 0.1) is 0 Å². The van der Waals surface area contributed by atoms with Crippen LogP contribution in [0.2, 0.25) is 0 Å². The lowest BCUT2D eigenvalue weighted by Gasteiger charge is -2.01. The summed E-state index contributed by atoms with van der Waals surface area (Å²) in [6.45, 7) is 0. The average Bonchev–Trinajstić information content (AvgIpc) is 2.60. The molecule has 0 saturated heterocycles. The molecule has 0 aliphatic heterocycles. The van der Waals surface area contributed by atoms with Gasteiger partial charge in [0.05, 0.1) is 5.69 Å². The Labute approximate surface area is 90.3 Å². The third-order valence-electron chi connectivity index (χ3n) is 2.14. The molecule has 0 fully saturated rings. The molecule has 2 aromatic rings. The maximum atomic E-state index is 10.8. The number of hydrogen-bond donors (Lipinski definition) is 1. The van der Waals surface area contributed by atoms with E-state index in [0.29, 0.717) is 17.1 Å². The molecule has 0 aliphatic carbocycles. The topological polar surface area (TPSA) is 43.1 Å². The number of alkyl halides is 1. The van der Waals surface area contributed by atoms with Crippen molar-refractivity contribution in [2.75, 3.05) is 5.73 Å². The van der Waals surface area contributed by atoms with Crippen molar-refractivity contribution in [1.29, 1.82) is 0 Å². The highest BCUT2D eigenvalue weighted by Crippen LogP contribution is 2.33. The minimum absolute atomic E-state index is 0.413. The lowest BCUT2D eigenvalue weighted by atomic mass is 10.1. The van der Waals surface area contributed by atoms with E-state index in [4.69, 9.17) is 17.3 Å². The number of aldehydes is 1. The van der Waals surface area contributed by atoms with Crippen LogP contribution in [-0.2, 0) is 5.88 Å². The van der Waals surface area contributed by atoms with Crippen LogP contribution in [0.3, 0.4) is 0 Å². The van der Waals surface area contributed by atoms with Gasteiger partial charge in [-0.25, -0.2) is 0 Å². The van der Waals surface area contributed by atoms with Gasteiger partial charge in [0.25, 0.3) is 0 Å². The highest BCUT2D eigenvalue weighted by atomic mass is 35.5. The number of hydrogen-bond acceptors (Lipinski definition) is 3. The molecule has 2 rings (SSSR count). The van der Waals surface area contributed by atoms with Gasteiger partial charge in [-0.15, -0.1) is 22.9 Å². The summed E-state index contributed by atoms with van der Waals surface area (Å²) in [5.41, 5.74) is 8.16. The molecule has 0 radical (unpaired) electrons. The zero-order valence-corrected chi connectivity index (χ0v) is 8.86. The van der Waals surface area contributed by atoms with Crippen molar-refractivity contribution in [1.82, 2.24) is 0 Å². The molecular weight excluding hydrogens is 218 g/mol. The standard InChI is InChI=1S/C10H8ClNOS/c11-3-6-1-2-7(4-13)10-9(6)8(12)5-14-10/h1-2,4-5H,3,12H2. The van der Waals surface area contributed by atoms with E-state index >= 15 is 0 Å². The number of anilines is 1. The van der Waals surface area contributed by atoms with E-state index in [1.54, 1.807) is 6.07 Å². The summed E-state index contributed by atoms with van der Waals surface area (Å²) in [7, 11) is 0. The summed E-state index contributed by atoms with van der Waals surface area (Å²) < 4.78 is 0.927. The number of carbonyl (C=O) groups is 1. The molecule has 0 spiro atoms. The summed E-state index contributed by atoms with van der Waals surface area (Å²) in [5.74, 6) is 0.413. The molecule has 2 N–H and O–H groups in total. The first kappa shape index (κ1) is 9.49. The monoisotopic (exact) mass is 225 g/mol. The zero-order valence-electron chi connectivity index (χ0n) is 7.29. The minimum Gasteiger partial charge on any atom is -0.398 e. The van der Waals surface area contributed by atoms with E-state index in [1.165, 1.54) is 11.3 Å². The van der Waals surface area contributed by atoms with Gasteiger partial charge in [0, 0.05) is 26.9 Å². The average molecular weight is 226 g/mol. The van der Waals surface area contributed by atoms with Gasteiger partial charge in [0.15, 0.2) is 6.29 Å². The van der Waals surface area contributed by atoms with Crippen LogP contribution in [0.4, 0.5) is 5.69 Å². The van der Waals surface area contributed by atoms with Gasteiger partial charge in [-0.3, -0.25) is 4.79 Å². The Balaban J connectivity index is 2.87. The van der Waals surface area contributed by atoms with Crippen molar-refractivity contribution in [3.05, 3.63) is 28.6 Å². The predicted octanol–water partition coefficient (Wildman–Crippen LogP) is 3.03. The first-order chi connectivity index (χ1) is 6.77. The molecule has 0 amide bonds. The fraction of sp³-hybridized carbons (Fsp3) is 0.100. The second-order valence-electron chi connectivity index (χ2n) is 2.96. The predicted molar refractivity (Wildman–Crippen MR) is 61.2 cm³/mol. The Morgan fingerprint density at radius 3 is 2.93 bits per heavy atom. The molecule has 0 saturated carbocycles. The summed E-state index contributed by atoms with van der Waals surface area (Å²) >= 11 is 7.27. The van der Waals surface area contributed by atoms with Crippen LogP contribution in [0.25, 0.3) is 10.1 Å². The quantitative estimate of drug-likeness (QED) is 0.631. The molecule has 0 aliphatic rings. The number of nitrogen functional groups attached to an aromatic ring is 1. The first-order valence-corrected chi connectivity index (χ1v) is 5.49. The van der Waals surface area contributed by atoms with Crippen molar-refractivity contribution in [3.63, 3.8) is 0 Å². The molecule has 1 heterocycles. The fourth-order valence-corrected chi connectivity index (χ4v) is 2.67. The number of halogens is 1. The number of nitrogens with two attached hydrogens (primary N) is 1. The van der Waals surface area contributed by atoms with Gasteiger partial charge in [-0.1, -0.05) is 6.07 Å². The second-order valence-corrected chi connectivity index (χ2v) is 4.11. The van der Waals surface area contributed by atoms with Crippen LogP contribution in [0.15, 0.2) is 17.5 Å². The molecule has 14 heavy (non-hydrogen) atoms. The molecule has 1 aromatic heterocycles. The van der Waals surface area contributed by atoms with Crippen molar-refractivity contribution in [3.8, 4) is 0 Å². The Morgan fingerprint density at radius 2 is 2.29 bits per heavy atom. The summed E-state index contributed by atoms with van der Waals surface area (Å²) in [6.07, 6.45) is 0.844. The SMILES string of the molecule is Nc1csc2c(C=O)ccc(CCl)c12. The lowest BCUT2D eigenvalue weighted by Crippen LogP contribution is -1.88. The first-order valence-electron chi connectivity index (χ1n) is 4.07. The van der Waals surface area contributed by atoms with Crippen LogP contribution < -0.4 is 5.73 Å². The van der Waals surface area contributed by atoms with Gasteiger partial charge >= 0.3 is 0 Å². The van der Waals surface area contributed by atoms with Crippen molar-refractivity contribution >= 4 is 45.0 Å². The molecule has 0 atom stereocenters. The van der Waals surface area contributed by atoms with Crippen molar-refractivity contribution < 1.29 is 4.79 Å². The Bertz CT molecular complexity index is 492. The van der Waals surface area contributed by atoms with E-state index in [2.05, 4.69) is 0 Å². The molecule has 0 bridgehead atoms. The maximum Gasteiger partial charge on any atom is 0.151 e. The summed E-state index contributed by atoms with van der Waals surface area (Å²) in [6, 6.07) is 3.63. The van der Waals surface area contributed by atoms with Gasteiger partial charge in [-0.2, -0.15) is 0 Å². The van der Waals surface area contributed by atoms with E-state index in [-0.39, 0.29) is 0 Å². The normalized spacial score (nSPS) is 10.6. The van der Waals surface area contributed by atoms with Crippen molar-refractivity contribution in [2.24, 2.45) is 0 Å². The van der Waals surface area contributed by atoms with E-state index in [0.717, 1.165) is 21.9 Å². The lowest BCUT2D eigenvalue weighted by molar-refractivity contribution is 0.112. The molecule has 4 heteroatoms. The second kappa shape index (κ2) is 3.59. The molecule has 72 valence electrons. The molecule has 1 aromatic carbocycles. The smallest absolute Gasteiger partial charge is 0.151 e. The van der Waals surface area contributed by atoms with E-state index in [1.807, 2.05) is 11.4 Å². The number of benzene rings is 1. The van der Waals surface area contributed by atoms with Crippen LogP contribution >= 0.6 is 22.9 Å². The van der Waals surface area contributed by atoms with Gasteiger partial charge in [0.2, 0.25) is 0 Å². The van der Waals surface area contributed by atoms with Crippen molar-refractivity contribution in [2.45, 2.75) is 5.88 Å². The third kappa shape index (κ3) is 1.29. The van der Waals surface area contributed by atoms with E-state index < -0.39 is 0 Å². The molecule has 2 nitrogen and oxygen atoms in total. The number of rotatable bonds is 2. The van der Waals surface area contributed by atoms with Crippen LogP contribution in [-0.4, -0.2) is 6.29 Å². The van der Waals surface area contributed by atoms with E-state index in [9.17, 15) is 4.79 Å². The van der Waals surface area contributed by atoms with Gasteiger partial charge in [-0.05, 0) is 11.6 Å². The van der Waals surface area contributed by atoms with Gasteiger partial charge < -0.3 is 5.73 Å². The maximum absolute atomic E-state index is 10.8. The fourth-order valence-electron chi connectivity index (χ4n) is 1.47. The zero-order chi connectivity index (χ0) is 10.1. The Morgan fingerprint density at radius 1 is 1.50 bits per heavy atom. The Hall–Kier alpha value is -1.06. The summed E-state index contributed by atoms with van der Waals surface area (Å²) in [4.78, 5) is 10.8. The highest BCUT2D eigenvalue weighted by molar-refractivity contribution is 7.18. The Kier molecular flexibility index (Phi) is 2.44. The number of carbonyl (C=O) groups excluding carboxylic acids is 1. The third-order valence-corrected chi connectivity index (χ3v) is 3.47. The largest absolute Gasteiger partial charge is 0.398 e.